The standard InChI is InChI=1S/C17H26N2O.C16H24N2O/c1-12-4-5-15(13-6-8-19(3)9-7-13)16-10-14(18-2)11-20-17(12)16;1-11-3-4-14(12-5-7-18(2)8-6-12)15-9-13(17)10-19-16(11)15/h4-5,13-14,18H,6-11H2,1-3H3;3-4,12-13H,5-10,17H2,1-2H3. The van der Waals surface area contributed by atoms with Crippen molar-refractivity contribution in [1.29, 1.82) is 0 Å². The molecule has 2 saturated heterocycles. The minimum atomic E-state index is 0.152. The predicted octanol–water partition coefficient (Wildman–Crippen LogP) is 4.39. The smallest absolute Gasteiger partial charge is 0.125 e. The average molecular weight is 535 g/mol. The van der Waals surface area contributed by atoms with E-state index < -0.39 is 0 Å². The van der Waals surface area contributed by atoms with E-state index in [2.05, 4.69) is 67.3 Å². The van der Waals surface area contributed by atoms with Gasteiger partial charge in [-0.25, -0.2) is 0 Å². The highest BCUT2D eigenvalue weighted by Gasteiger charge is 2.28. The van der Waals surface area contributed by atoms with Crippen molar-refractivity contribution in [2.24, 2.45) is 5.73 Å². The Hall–Kier alpha value is -2.12. The van der Waals surface area contributed by atoms with Gasteiger partial charge in [-0.3, -0.25) is 0 Å². The Bertz CT molecular complexity index is 1120. The fourth-order valence-corrected chi connectivity index (χ4v) is 6.93. The van der Waals surface area contributed by atoms with Gasteiger partial charge in [0.05, 0.1) is 0 Å². The first-order valence-electron chi connectivity index (χ1n) is 15.1. The Morgan fingerprint density at radius 2 is 1.18 bits per heavy atom. The van der Waals surface area contributed by atoms with Gasteiger partial charge in [0.2, 0.25) is 0 Å². The van der Waals surface area contributed by atoms with E-state index in [4.69, 9.17) is 15.2 Å². The summed E-state index contributed by atoms with van der Waals surface area (Å²) < 4.78 is 11.9. The third-order valence-electron chi connectivity index (χ3n) is 9.50. The van der Waals surface area contributed by atoms with Gasteiger partial charge in [-0.15, -0.1) is 0 Å². The number of nitrogens with two attached hydrogens (primary N) is 1. The van der Waals surface area contributed by atoms with Crippen LogP contribution in [0, 0.1) is 13.8 Å². The van der Waals surface area contributed by atoms with E-state index >= 15 is 0 Å². The van der Waals surface area contributed by atoms with E-state index in [0.29, 0.717) is 24.5 Å². The first kappa shape index (κ1) is 28.4. The van der Waals surface area contributed by atoms with E-state index in [0.717, 1.165) is 30.9 Å². The van der Waals surface area contributed by atoms with Crippen molar-refractivity contribution < 1.29 is 9.47 Å². The summed E-state index contributed by atoms with van der Waals surface area (Å²) in [4.78, 5) is 4.85. The lowest BCUT2D eigenvalue weighted by molar-refractivity contribution is 0.236. The number of ether oxygens (including phenoxy) is 2. The largest absolute Gasteiger partial charge is 0.491 e. The number of hydrogen-bond acceptors (Lipinski definition) is 6. The van der Waals surface area contributed by atoms with Crippen molar-refractivity contribution in [3.05, 3.63) is 57.6 Å². The minimum absolute atomic E-state index is 0.152. The molecule has 0 aromatic heterocycles. The molecule has 214 valence electrons. The van der Waals surface area contributed by atoms with E-state index in [9.17, 15) is 0 Å². The van der Waals surface area contributed by atoms with Crippen molar-refractivity contribution in [3.63, 3.8) is 0 Å². The van der Waals surface area contributed by atoms with Gasteiger partial charge >= 0.3 is 0 Å². The van der Waals surface area contributed by atoms with E-state index in [1.807, 2.05) is 7.05 Å². The number of hydrogen-bond donors (Lipinski definition) is 2. The number of likely N-dealkylation sites (N-methyl/N-ethyl adjacent to an activating group) is 1. The molecule has 0 radical (unpaired) electrons. The van der Waals surface area contributed by atoms with E-state index in [1.165, 1.54) is 79.7 Å². The third-order valence-corrected chi connectivity index (χ3v) is 9.50. The van der Waals surface area contributed by atoms with Crippen LogP contribution in [-0.2, 0) is 12.8 Å². The number of nitrogens with one attached hydrogen (secondary N) is 1. The molecule has 4 heterocycles. The molecule has 0 aliphatic carbocycles. The fourth-order valence-electron chi connectivity index (χ4n) is 6.93. The van der Waals surface area contributed by atoms with Crippen LogP contribution >= 0.6 is 0 Å². The summed E-state index contributed by atoms with van der Waals surface area (Å²) in [5, 5.41) is 3.37. The Morgan fingerprint density at radius 3 is 1.67 bits per heavy atom. The molecule has 0 amide bonds. The van der Waals surface area contributed by atoms with Crippen molar-refractivity contribution >= 4 is 0 Å². The Balaban J connectivity index is 0.000000158. The summed E-state index contributed by atoms with van der Waals surface area (Å²) in [6.07, 6.45) is 7.13. The zero-order valence-corrected chi connectivity index (χ0v) is 24.9. The molecule has 2 unspecified atom stereocenters. The molecular weight excluding hydrogens is 484 g/mol. The number of rotatable bonds is 3. The monoisotopic (exact) mass is 534 g/mol. The van der Waals surface area contributed by atoms with Gasteiger partial charge in [0.15, 0.2) is 0 Å². The molecule has 6 rings (SSSR count). The molecule has 2 atom stereocenters. The maximum Gasteiger partial charge on any atom is 0.125 e. The molecule has 4 aliphatic heterocycles. The molecule has 6 nitrogen and oxygen atoms in total. The van der Waals surface area contributed by atoms with Crippen molar-refractivity contribution in [3.8, 4) is 11.5 Å². The van der Waals surface area contributed by atoms with Crippen LogP contribution in [0.4, 0.5) is 0 Å². The van der Waals surface area contributed by atoms with Gasteiger partial charge in [-0.05, 0) is 145 Å². The van der Waals surface area contributed by atoms with Gasteiger partial charge in [-0.2, -0.15) is 0 Å². The van der Waals surface area contributed by atoms with E-state index in [-0.39, 0.29) is 6.04 Å². The van der Waals surface area contributed by atoms with Crippen molar-refractivity contribution in [1.82, 2.24) is 15.1 Å². The zero-order chi connectivity index (χ0) is 27.5. The minimum Gasteiger partial charge on any atom is -0.491 e. The number of aryl methyl sites for hydroxylation is 2. The highest BCUT2D eigenvalue weighted by Crippen LogP contribution is 2.39. The van der Waals surface area contributed by atoms with Crippen LogP contribution in [0.5, 0.6) is 11.5 Å². The Morgan fingerprint density at radius 1 is 0.718 bits per heavy atom. The van der Waals surface area contributed by atoms with Gasteiger partial charge in [0, 0.05) is 12.1 Å². The lowest BCUT2D eigenvalue weighted by Gasteiger charge is -2.34. The topological polar surface area (TPSA) is 63.0 Å². The van der Waals surface area contributed by atoms with E-state index in [1.54, 1.807) is 5.56 Å². The Labute approximate surface area is 236 Å². The molecule has 2 aromatic rings. The first-order chi connectivity index (χ1) is 18.8. The predicted molar refractivity (Wildman–Crippen MR) is 161 cm³/mol. The molecule has 39 heavy (non-hydrogen) atoms. The van der Waals surface area contributed by atoms with Gasteiger partial charge in [0.1, 0.15) is 24.7 Å². The Kier molecular flexibility index (Phi) is 9.17. The molecular formula is C33H50N4O2. The molecule has 3 N–H and O–H groups in total. The third kappa shape index (κ3) is 6.45. The van der Waals surface area contributed by atoms with Crippen LogP contribution in [0.2, 0.25) is 0 Å². The number of piperidine rings is 2. The maximum absolute atomic E-state index is 6.09. The lowest BCUT2D eigenvalue weighted by Crippen LogP contribution is -2.38. The lowest BCUT2D eigenvalue weighted by atomic mass is 9.83. The van der Waals surface area contributed by atoms with Gasteiger partial charge in [0.25, 0.3) is 0 Å². The second-order valence-corrected chi connectivity index (χ2v) is 12.5. The van der Waals surface area contributed by atoms with Crippen LogP contribution in [0.1, 0.15) is 70.9 Å². The zero-order valence-electron chi connectivity index (χ0n) is 24.9. The summed E-state index contributed by atoms with van der Waals surface area (Å²) in [5.74, 6) is 3.66. The van der Waals surface area contributed by atoms with Crippen LogP contribution < -0.4 is 20.5 Å². The van der Waals surface area contributed by atoms with Crippen LogP contribution in [-0.4, -0.2) is 82.4 Å². The van der Waals surface area contributed by atoms with Gasteiger partial charge in [-0.1, -0.05) is 24.3 Å². The summed E-state index contributed by atoms with van der Waals surface area (Å²) in [5.41, 5.74) is 14.5. The van der Waals surface area contributed by atoms with Crippen LogP contribution in [0.15, 0.2) is 24.3 Å². The number of likely N-dealkylation sites (tertiary alicyclic amines) is 2. The molecule has 6 heteroatoms. The van der Waals surface area contributed by atoms with Crippen LogP contribution in [0.3, 0.4) is 0 Å². The summed E-state index contributed by atoms with van der Waals surface area (Å²) in [6.45, 7) is 10.6. The molecule has 2 fully saturated rings. The normalized spacial score (nSPS) is 24.6. The highest BCUT2D eigenvalue weighted by atomic mass is 16.5. The fraction of sp³-hybridized carbons (Fsp3) is 0.636. The summed E-state index contributed by atoms with van der Waals surface area (Å²) in [6, 6.07) is 9.72. The van der Waals surface area contributed by atoms with Crippen LogP contribution in [0.25, 0.3) is 0 Å². The number of benzene rings is 2. The number of fused-ring (bicyclic) bond motifs is 2. The molecule has 2 aromatic carbocycles. The SMILES string of the molecule is CNC1COc2c(C)ccc(C3CCN(C)CC3)c2C1.Cc1ccc(C2CCN(C)CC2)c2c1OCC(N)C2. The summed E-state index contributed by atoms with van der Waals surface area (Å²) in [7, 11) is 6.46. The first-order valence-corrected chi connectivity index (χ1v) is 15.1. The number of nitrogens with zero attached hydrogens (tertiary/aromatic N) is 2. The highest BCUT2D eigenvalue weighted by molar-refractivity contribution is 5.50. The maximum atomic E-state index is 6.09. The second kappa shape index (κ2) is 12.6. The van der Waals surface area contributed by atoms with Crippen molar-refractivity contribution in [2.75, 3.05) is 60.5 Å². The molecule has 0 bridgehead atoms. The average Bonchev–Trinajstić information content (AvgIpc) is 2.95. The molecule has 4 aliphatic rings. The van der Waals surface area contributed by atoms with Crippen molar-refractivity contribution in [2.45, 2.75) is 76.3 Å². The second-order valence-electron chi connectivity index (χ2n) is 12.5. The summed E-state index contributed by atoms with van der Waals surface area (Å²) >= 11 is 0. The quantitative estimate of drug-likeness (QED) is 0.609. The molecule has 0 spiro atoms. The molecule has 0 saturated carbocycles. The van der Waals surface area contributed by atoms with Gasteiger partial charge < -0.3 is 30.3 Å².